The lowest BCUT2D eigenvalue weighted by atomic mass is 10.1. The topological polar surface area (TPSA) is 26.7 Å². The molecule has 0 unspecified atom stereocenters. The van der Waals surface area contributed by atoms with E-state index < -0.39 is 5.82 Å². The SMILES string of the molecule is Oc1ccc(CN2CCN(C3CCCC3)CC2)cc1F. The average molecular weight is 278 g/mol. The Kier molecular flexibility index (Phi) is 4.22. The van der Waals surface area contributed by atoms with E-state index in [0.717, 1.165) is 44.3 Å². The van der Waals surface area contributed by atoms with Crippen molar-refractivity contribution in [2.75, 3.05) is 26.2 Å². The van der Waals surface area contributed by atoms with Gasteiger partial charge in [-0.1, -0.05) is 18.9 Å². The highest BCUT2D eigenvalue weighted by atomic mass is 19.1. The van der Waals surface area contributed by atoms with Crippen LogP contribution in [0.2, 0.25) is 0 Å². The zero-order chi connectivity index (χ0) is 13.9. The van der Waals surface area contributed by atoms with Gasteiger partial charge in [-0.05, 0) is 30.5 Å². The zero-order valence-electron chi connectivity index (χ0n) is 11.9. The van der Waals surface area contributed by atoms with Crippen LogP contribution in [0.15, 0.2) is 18.2 Å². The second-order valence-electron chi connectivity index (χ2n) is 6.04. The summed E-state index contributed by atoms with van der Waals surface area (Å²) in [7, 11) is 0. The van der Waals surface area contributed by atoms with Crippen molar-refractivity contribution in [2.24, 2.45) is 0 Å². The summed E-state index contributed by atoms with van der Waals surface area (Å²) in [4.78, 5) is 5.00. The standard InChI is InChI=1S/C16H23FN2O/c17-15-11-13(5-6-16(15)20)12-18-7-9-19(10-8-18)14-3-1-2-4-14/h5-6,11,14,20H,1-4,7-10,12H2. The van der Waals surface area contributed by atoms with Crippen LogP contribution in [0.1, 0.15) is 31.2 Å². The molecule has 1 saturated carbocycles. The number of hydrogen-bond acceptors (Lipinski definition) is 3. The molecule has 1 aromatic rings. The molecule has 0 spiro atoms. The van der Waals surface area contributed by atoms with Crippen molar-refractivity contribution < 1.29 is 9.50 Å². The average Bonchev–Trinajstić information content (AvgIpc) is 2.98. The Balaban J connectivity index is 1.51. The van der Waals surface area contributed by atoms with Gasteiger partial charge in [0, 0.05) is 38.8 Å². The number of benzene rings is 1. The van der Waals surface area contributed by atoms with Crippen LogP contribution in [0.5, 0.6) is 5.75 Å². The molecule has 1 N–H and O–H groups in total. The fraction of sp³-hybridized carbons (Fsp3) is 0.625. The van der Waals surface area contributed by atoms with Gasteiger partial charge in [0.25, 0.3) is 0 Å². The van der Waals surface area contributed by atoms with Crippen LogP contribution in [-0.2, 0) is 6.54 Å². The van der Waals surface area contributed by atoms with Crippen LogP contribution < -0.4 is 0 Å². The Morgan fingerprint density at radius 1 is 1.10 bits per heavy atom. The highest BCUT2D eigenvalue weighted by molar-refractivity contribution is 5.27. The minimum absolute atomic E-state index is 0.264. The van der Waals surface area contributed by atoms with Gasteiger partial charge in [-0.3, -0.25) is 9.80 Å². The molecule has 2 aliphatic rings. The third kappa shape index (κ3) is 3.13. The van der Waals surface area contributed by atoms with E-state index in [1.165, 1.54) is 37.8 Å². The first kappa shape index (κ1) is 13.8. The lowest BCUT2D eigenvalue weighted by Gasteiger charge is -2.38. The first-order valence-corrected chi connectivity index (χ1v) is 7.66. The maximum Gasteiger partial charge on any atom is 0.165 e. The molecule has 1 aliphatic carbocycles. The Hall–Kier alpha value is -1.13. The van der Waals surface area contributed by atoms with Crippen molar-refractivity contribution in [1.82, 2.24) is 9.80 Å². The lowest BCUT2D eigenvalue weighted by molar-refractivity contribution is 0.0936. The second-order valence-corrected chi connectivity index (χ2v) is 6.04. The quantitative estimate of drug-likeness (QED) is 0.920. The summed E-state index contributed by atoms with van der Waals surface area (Å²) in [6, 6.07) is 5.50. The van der Waals surface area contributed by atoms with Crippen molar-refractivity contribution >= 4 is 0 Å². The van der Waals surface area contributed by atoms with Gasteiger partial charge >= 0.3 is 0 Å². The highest BCUT2D eigenvalue weighted by Crippen LogP contribution is 2.25. The van der Waals surface area contributed by atoms with Crippen molar-refractivity contribution in [3.8, 4) is 5.75 Å². The van der Waals surface area contributed by atoms with E-state index in [9.17, 15) is 9.50 Å². The van der Waals surface area contributed by atoms with E-state index in [0.29, 0.717) is 0 Å². The summed E-state index contributed by atoms with van der Waals surface area (Å²) < 4.78 is 13.3. The molecule has 4 heteroatoms. The zero-order valence-corrected chi connectivity index (χ0v) is 11.9. The monoisotopic (exact) mass is 278 g/mol. The van der Waals surface area contributed by atoms with Crippen LogP contribution in [-0.4, -0.2) is 47.1 Å². The molecular weight excluding hydrogens is 255 g/mol. The minimum atomic E-state index is -0.521. The third-order valence-electron chi connectivity index (χ3n) is 4.67. The molecule has 3 rings (SSSR count). The summed E-state index contributed by atoms with van der Waals surface area (Å²) in [6.07, 6.45) is 5.50. The molecule has 0 radical (unpaired) electrons. The highest BCUT2D eigenvalue weighted by Gasteiger charge is 2.26. The second kappa shape index (κ2) is 6.10. The van der Waals surface area contributed by atoms with E-state index in [1.54, 1.807) is 0 Å². The summed E-state index contributed by atoms with van der Waals surface area (Å²) in [5.74, 6) is -0.785. The van der Waals surface area contributed by atoms with Gasteiger partial charge in [-0.25, -0.2) is 4.39 Å². The first-order chi connectivity index (χ1) is 9.72. The van der Waals surface area contributed by atoms with Crippen LogP contribution in [0.25, 0.3) is 0 Å². The van der Waals surface area contributed by atoms with Gasteiger partial charge in [0.2, 0.25) is 0 Å². The van der Waals surface area contributed by atoms with Gasteiger partial charge in [0.15, 0.2) is 11.6 Å². The Morgan fingerprint density at radius 3 is 2.45 bits per heavy atom. The summed E-state index contributed by atoms with van der Waals surface area (Å²) in [6.45, 7) is 5.14. The van der Waals surface area contributed by atoms with E-state index in [1.807, 2.05) is 6.07 Å². The molecule has 1 heterocycles. The lowest BCUT2D eigenvalue weighted by Crippen LogP contribution is -2.49. The number of aromatic hydroxyl groups is 1. The normalized spacial score (nSPS) is 22.4. The van der Waals surface area contributed by atoms with Crippen molar-refractivity contribution in [3.05, 3.63) is 29.6 Å². The molecule has 1 aliphatic heterocycles. The predicted octanol–water partition coefficient (Wildman–Crippen LogP) is 2.59. The molecule has 3 nitrogen and oxygen atoms in total. The summed E-state index contributed by atoms with van der Waals surface area (Å²) in [5, 5.41) is 9.21. The number of phenols is 1. The molecule has 110 valence electrons. The number of halogens is 1. The molecule has 0 aromatic heterocycles. The molecule has 0 atom stereocenters. The Labute approximate surface area is 120 Å². The number of phenolic OH excluding ortho intramolecular Hbond substituents is 1. The maximum atomic E-state index is 13.3. The van der Waals surface area contributed by atoms with Crippen LogP contribution in [0.3, 0.4) is 0 Å². The van der Waals surface area contributed by atoms with Gasteiger partial charge in [0.1, 0.15) is 0 Å². The molecule has 1 saturated heterocycles. The summed E-state index contributed by atoms with van der Waals surface area (Å²) >= 11 is 0. The predicted molar refractivity (Wildman–Crippen MR) is 77.2 cm³/mol. The maximum absolute atomic E-state index is 13.3. The smallest absolute Gasteiger partial charge is 0.165 e. The number of nitrogens with zero attached hydrogens (tertiary/aromatic N) is 2. The molecule has 2 fully saturated rings. The largest absolute Gasteiger partial charge is 0.505 e. The van der Waals surface area contributed by atoms with E-state index in [2.05, 4.69) is 9.80 Å². The fourth-order valence-electron chi connectivity index (χ4n) is 3.46. The number of rotatable bonds is 3. The minimum Gasteiger partial charge on any atom is -0.505 e. The van der Waals surface area contributed by atoms with E-state index >= 15 is 0 Å². The van der Waals surface area contributed by atoms with Crippen LogP contribution >= 0.6 is 0 Å². The van der Waals surface area contributed by atoms with Crippen LogP contribution in [0, 0.1) is 5.82 Å². The Bertz CT molecular complexity index is 452. The van der Waals surface area contributed by atoms with Gasteiger partial charge < -0.3 is 5.11 Å². The van der Waals surface area contributed by atoms with Crippen molar-refractivity contribution in [2.45, 2.75) is 38.3 Å². The van der Waals surface area contributed by atoms with Crippen molar-refractivity contribution in [3.63, 3.8) is 0 Å². The molecule has 0 amide bonds. The molecular formula is C16H23FN2O. The molecule has 1 aromatic carbocycles. The summed E-state index contributed by atoms with van der Waals surface area (Å²) in [5.41, 5.74) is 0.939. The first-order valence-electron chi connectivity index (χ1n) is 7.66. The van der Waals surface area contributed by atoms with Crippen LogP contribution in [0.4, 0.5) is 4.39 Å². The number of hydrogen-bond donors (Lipinski definition) is 1. The van der Waals surface area contributed by atoms with Gasteiger partial charge in [-0.2, -0.15) is 0 Å². The van der Waals surface area contributed by atoms with Gasteiger partial charge in [0.05, 0.1) is 0 Å². The van der Waals surface area contributed by atoms with E-state index in [4.69, 9.17) is 0 Å². The molecule has 20 heavy (non-hydrogen) atoms. The Morgan fingerprint density at radius 2 is 1.80 bits per heavy atom. The number of piperazine rings is 1. The van der Waals surface area contributed by atoms with Crippen molar-refractivity contribution in [1.29, 1.82) is 0 Å². The van der Waals surface area contributed by atoms with E-state index in [-0.39, 0.29) is 5.75 Å². The fourth-order valence-corrected chi connectivity index (χ4v) is 3.46. The molecule has 0 bridgehead atoms. The third-order valence-corrected chi connectivity index (χ3v) is 4.67. The van der Waals surface area contributed by atoms with Gasteiger partial charge in [-0.15, -0.1) is 0 Å².